The lowest BCUT2D eigenvalue weighted by atomic mass is 10.1. The molecule has 5 nitrogen and oxygen atoms in total. The number of carbonyl (C=O) groups is 3. The lowest BCUT2D eigenvalue weighted by Gasteiger charge is -2.22. The van der Waals surface area contributed by atoms with Gasteiger partial charge in [0, 0.05) is 18.7 Å². The Hall–Kier alpha value is -3.16. The lowest BCUT2D eigenvalue weighted by Crippen LogP contribution is -2.42. The summed E-state index contributed by atoms with van der Waals surface area (Å²) in [6.07, 6.45) is -4.04. The van der Waals surface area contributed by atoms with Gasteiger partial charge < -0.3 is 4.90 Å². The van der Waals surface area contributed by atoms with E-state index in [1.807, 2.05) is 0 Å². The molecule has 0 spiro atoms. The third-order valence-corrected chi connectivity index (χ3v) is 5.10. The Labute approximate surface area is 158 Å². The third kappa shape index (κ3) is 2.94. The summed E-state index contributed by atoms with van der Waals surface area (Å²) < 4.78 is 38.0. The lowest BCUT2D eigenvalue weighted by molar-refractivity contribution is -0.137. The Balaban J connectivity index is 1.48. The number of imide groups is 1. The molecular weight excluding hydrogens is 373 g/mol. The van der Waals surface area contributed by atoms with Crippen LogP contribution in [0.5, 0.6) is 0 Å². The maximum absolute atomic E-state index is 12.7. The summed E-state index contributed by atoms with van der Waals surface area (Å²) in [4.78, 5) is 40.4. The van der Waals surface area contributed by atoms with Crippen LogP contribution in [0.3, 0.4) is 0 Å². The zero-order valence-corrected chi connectivity index (χ0v) is 14.6. The molecule has 0 N–H and O–H groups in total. The van der Waals surface area contributed by atoms with Crippen LogP contribution >= 0.6 is 0 Å². The average Bonchev–Trinajstić information content (AvgIpc) is 3.25. The van der Waals surface area contributed by atoms with E-state index in [4.69, 9.17) is 0 Å². The standard InChI is InChI=1S/C20H15F3N2O3/c21-20(22,23)13-7-5-12(6-8-13)17(26)24-10-9-14(11-24)25-18(27)15-3-1-2-4-16(15)19(25)28/h1-8,14H,9-11H2. The maximum atomic E-state index is 12.7. The van der Waals surface area contributed by atoms with E-state index >= 15 is 0 Å². The highest BCUT2D eigenvalue weighted by Gasteiger charge is 2.43. The van der Waals surface area contributed by atoms with E-state index in [1.165, 1.54) is 9.80 Å². The quantitative estimate of drug-likeness (QED) is 0.743. The molecule has 0 radical (unpaired) electrons. The number of benzene rings is 2. The Morgan fingerprint density at radius 2 is 1.50 bits per heavy atom. The van der Waals surface area contributed by atoms with E-state index in [2.05, 4.69) is 0 Å². The molecule has 2 aromatic carbocycles. The molecule has 1 unspecified atom stereocenters. The first kappa shape index (κ1) is 18.2. The van der Waals surface area contributed by atoms with Gasteiger partial charge in [-0.25, -0.2) is 0 Å². The minimum atomic E-state index is -4.47. The molecule has 8 heteroatoms. The first-order chi connectivity index (χ1) is 13.3. The highest BCUT2D eigenvalue weighted by Crippen LogP contribution is 2.30. The van der Waals surface area contributed by atoms with Gasteiger partial charge in [-0.05, 0) is 42.8 Å². The molecule has 2 aliphatic heterocycles. The fourth-order valence-electron chi connectivity index (χ4n) is 3.66. The van der Waals surface area contributed by atoms with Crippen LogP contribution in [0.15, 0.2) is 48.5 Å². The molecule has 4 rings (SSSR count). The van der Waals surface area contributed by atoms with Crippen molar-refractivity contribution < 1.29 is 27.6 Å². The number of fused-ring (bicyclic) bond motifs is 1. The molecule has 1 fully saturated rings. The molecule has 0 saturated carbocycles. The summed E-state index contributed by atoms with van der Waals surface area (Å²) >= 11 is 0. The molecule has 2 aliphatic rings. The van der Waals surface area contributed by atoms with Crippen molar-refractivity contribution >= 4 is 17.7 Å². The average molecular weight is 388 g/mol. The SMILES string of the molecule is O=C(c1ccc(C(F)(F)F)cc1)N1CCC(N2C(=O)c3ccccc3C2=O)C1. The molecule has 0 aromatic heterocycles. The molecular formula is C20H15F3N2O3. The zero-order valence-electron chi connectivity index (χ0n) is 14.6. The van der Waals surface area contributed by atoms with E-state index in [9.17, 15) is 27.6 Å². The predicted molar refractivity (Wildman–Crippen MR) is 92.7 cm³/mol. The number of hydrogen-bond acceptors (Lipinski definition) is 3. The Morgan fingerprint density at radius 3 is 2.04 bits per heavy atom. The minimum Gasteiger partial charge on any atom is -0.336 e. The van der Waals surface area contributed by atoms with Crippen molar-refractivity contribution in [3.8, 4) is 0 Å². The van der Waals surface area contributed by atoms with Crippen LogP contribution in [0.2, 0.25) is 0 Å². The van der Waals surface area contributed by atoms with Gasteiger partial charge >= 0.3 is 6.18 Å². The van der Waals surface area contributed by atoms with Gasteiger partial charge in [0.05, 0.1) is 22.7 Å². The number of nitrogens with zero attached hydrogens (tertiary/aromatic N) is 2. The van der Waals surface area contributed by atoms with Gasteiger partial charge in [-0.2, -0.15) is 13.2 Å². The van der Waals surface area contributed by atoms with Gasteiger partial charge in [0.2, 0.25) is 0 Å². The van der Waals surface area contributed by atoms with Crippen molar-refractivity contribution in [2.75, 3.05) is 13.1 Å². The molecule has 3 amide bonds. The molecule has 0 aliphatic carbocycles. The van der Waals surface area contributed by atoms with Crippen LogP contribution in [-0.2, 0) is 6.18 Å². The van der Waals surface area contributed by atoms with Crippen LogP contribution in [-0.4, -0.2) is 46.7 Å². The summed E-state index contributed by atoms with van der Waals surface area (Å²) in [5.41, 5.74) is 0.00501. The number of rotatable bonds is 2. The summed E-state index contributed by atoms with van der Waals surface area (Å²) in [7, 11) is 0. The van der Waals surface area contributed by atoms with Gasteiger partial charge in [0.25, 0.3) is 17.7 Å². The Morgan fingerprint density at radius 1 is 0.929 bits per heavy atom. The maximum Gasteiger partial charge on any atom is 0.416 e. The first-order valence-corrected chi connectivity index (χ1v) is 8.71. The highest BCUT2D eigenvalue weighted by atomic mass is 19.4. The van der Waals surface area contributed by atoms with E-state index < -0.39 is 23.7 Å². The van der Waals surface area contributed by atoms with E-state index in [0.29, 0.717) is 24.1 Å². The van der Waals surface area contributed by atoms with Crippen LogP contribution < -0.4 is 0 Å². The highest BCUT2D eigenvalue weighted by molar-refractivity contribution is 6.21. The molecule has 28 heavy (non-hydrogen) atoms. The van der Waals surface area contributed by atoms with Crippen molar-refractivity contribution in [3.05, 3.63) is 70.8 Å². The number of alkyl halides is 3. The topological polar surface area (TPSA) is 57.7 Å². The van der Waals surface area contributed by atoms with Crippen molar-refractivity contribution in [2.24, 2.45) is 0 Å². The van der Waals surface area contributed by atoms with E-state index in [1.54, 1.807) is 24.3 Å². The minimum absolute atomic E-state index is 0.135. The number of amides is 3. The number of hydrogen-bond donors (Lipinski definition) is 0. The van der Waals surface area contributed by atoms with E-state index in [-0.39, 0.29) is 23.9 Å². The zero-order chi connectivity index (χ0) is 20.1. The predicted octanol–water partition coefficient (Wildman–Crippen LogP) is 3.22. The monoisotopic (exact) mass is 388 g/mol. The summed E-state index contributed by atoms with van der Waals surface area (Å²) in [5.74, 6) is -1.18. The molecule has 2 heterocycles. The molecule has 1 saturated heterocycles. The van der Waals surface area contributed by atoms with Gasteiger partial charge in [0.15, 0.2) is 0 Å². The number of likely N-dealkylation sites (tertiary alicyclic amines) is 1. The number of halogens is 3. The van der Waals surface area contributed by atoms with Crippen molar-refractivity contribution in [1.29, 1.82) is 0 Å². The first-order valence-electron chi connectivity index (χ1n) is 8.71. The van der Waals surface area contributed by atoms with Crippen molar-refractivity contribution in [3.63, 3.8) is 0 Å². The Kier molecular flexibility index (Phi) is 4.21. The fraction of sp³-hybridized carbons (Fsp3) is 0.250. The molecule has 1 atom stereocenters. The fourth-order valence-corrected chi connectivity index (χ4v) is 3.66. The van der Waals surface area contributed by atoms with Gasteiger partial charge in [-0.15, -0.1) is 0 Å². The van der Waals surface area contributed by atoms with Gasteiger partial charge in [-0.3, -0.25) is 19.3 Å². The summed E-state index contributed by atoms with van der Waals surface area (Å²) in [5, 5.41) is 0. The van der Waals surface area contributed by atoms with Crippen LogP contribution in [0.4, 0.5) is 13.2 Å². The molecule has 2 aromatic rings. The van der Waals surface area contributed by atoms with E-state index in [0.717, 1.165) is 24.3 Å². The second-order valence-electron chi connectivity index (χ2n) is 6.79. The second kappa shape index (κ2) is 6.47. The Bertz CT molecular complexity index is 934. The van der Waals surface area contributed by atoms with Gasteiger partial charge in [0.1, 0.15) is 0 Å². The van der Waals surface area contributed by atoms with Crippen molar-refractivity contribution in [1.82, 2.24) is 9.80 Å². The number of carbonyl (C=O) groups excluding carboxylic acids is 3. The summed E-state index contributed by atoms with van der Waals surface area (Å²) in [6.45, 7) is 0.475. The largest absolute Gasteiger partial charge is 0.416 e. The molecule has 144 valence electrons. The van der Waals surface area contributed by atoms with Crippen LogP contribution in [0, 0.1) is 0 Å². The smallest absolute Gasteiger partial charge is 0.336 e. The van der Waals surface area contributed by atoms with Crippen molar-refractivity contribution in [2.45, 2.75) is 18.6 Å². The second-order valence-corrected chi connectivity index (χ2v) is 6.79. The third-order valence-electron chi connectivity index (χ3n) is 5.10. The van der Waals surface area contributed by atoms with Crippen LogP contribution in [0.25, 0.3) is 0 Å². The van der Waals surface area contributed by atoms with Gasteiger partial charge in [-0.1, -0.05) is 12.1 Å². The summed E-state index contributed by atoms with van der Waals surface area (Å²) in [6, 6.07) is 10.1. The molecule has 0 bridgehead atoms. The normalized spacial score (nSPS) is 19.3. The van der Waals surface area contributed by atoms with Crippen LogP contribution in [0.1, 0.15) is 43.1 Å².